The van der Waals surface area contributed by atoms with Crippen molar-refractivity contribution < 1.29 is 9.18 Å². The molecule has 2 rings (SSSR count). The molecule has 0 aliphatic carbocycles. The van der Waals surface area contributed by atoms with Crippen LogP contribution in [0.2, 0.25) is 0 Å². The summed E-state index contributed by atoms with van der Waals surface area (Å²) < 4.78 is 14.9. The zero-order valence-corrected chi connectivity index (χ0v) is 9.90. The topological polar surface area (TPSA) is 86.9 Å². The Hall–Kier alpha value is -2.11. The molecule has 0 fully saturated rings. The van der Waals surface area contributed by atoms with Gasteiger partial charge in [-0.2, -0.15) is 0 Å². The Bertz CT molecular complexity index is 579. The van der Waals surface area contributed by atoms with Crippen LogP contribution in [0.3, 0.4) is 0 Å². The van der Waals surface area contributed by atoms with E-state index in [1.165, 1.54) is 12.1 Å². The first-order valence-electron chi connectivity index (χ1n) is 5.77. The van der Waals surface area contributed by atoms with Crippen LogP contribution in [0.25, 0.3) is 11.0 Å². The Balaban J connectivity index is 2.14. The highest BCUT2D eigenvalue weighted by Crippen LogP contribution is 2.19. The molecule has 0 saturated heterocycles. The molecule has 0 aliphatic heterocycles. The van der Waals surface area contributed by atoms with E-state index in [2.05, 4.69) is 4.98 Å². The van der Waals surface area contributed by atoms with Gasteiger partial charge in [0.25, 0.3) is 0 Å². The van der Waals surface area contributed by atoms with Gasteiger partial charge in [0.1, 0.15) is 5.82 Å². The van der Waals surface area contributed by atoms with E-state index in [1.807, 2.05) is 0 Å². The summed E-state index contributed by atoms with van der Waals surface area (Å²) in [5.41, 5.74) is 12.2. The molecular formula is C12H15FN4O. The van der Waals surface area contributed by atoms with Gasteiger partial charge < -0.3 is 16.0 Å². The van der Waals surface area contributed by atoms with Crippen molar-refractivity contribution in [3.8, 4) is 0 Å². The Labute approximate surface area is 104 Å². The van der Waals surface area contributed by atoms with Crippen LogP contribution in [0.5, 0.6) is 0 Å². The fraction of sp³-hybridized carbons (Fsp3) is 0.333. The molecule has 0 atom stereocenters. The van der Waals surface area contributed by atoms with Gasteiger partial charge in [-0.15, -0.1) is 0 Å². The van der Waals surface area contributed by atoms with Gasteiger partial charge in [0, 0.05) is 13.0 Å². The molecule has 1 aromatic carbocycles. The molecule has 1 amide bonds. The number of benzene rings is 1. The smallest absolute Gasteiger partial charge is 0.217 e. The minimum absolute atomic E-state index is 0.315. The van der Waals surface area contributed by atoms with Crippen LogP contribution >= 0.6 is 0 Å². The number of nitrogens with zero attached hydrogens (tertiary/aromatic N) is 2. The lowest BCUT2D eigenvalue weighted by atomic mass is 10.2. The van der Waals surface area contributed by atoms with E-state index in [4.69, 9.17) is 11.5 Å². The monoisotopic (exact) mass is 250 g/mol. The minimum atomic E-state index is -0.319. The molecular weight excluding hydrogens is 235 g/mol. The first-order chi connectivity index (χ1) is 8.58. The van der Waals surface area contributed by atoms with Crippen molar-refractivity contribution >= 4 is 22.9 Å². The fourth-order valence-corrected chi connectivity index (χ4v) is 1.92. The van der Waals surface area contributed by atoms with E-state index in [1.54, 1.807) is 10.6 Å². The van der Waals surface area contributed by atoms with Gasteiger partial charge in [0.2, 0.25) is 11.9 Å². The number of hydrogen-bond acceptors (Lipinski definition) is 3. The summed E-state index contributed by atoms with van der Waals surface area (Å²) in [6.07, 6.45) is 1.78. The van der Waals surface area contributed by atoms with Crippen molar-refractivity contribution in [2.24, 2.45) is 5.73 Å². The molecule has 2 aromatic rings. The molecule has 5 nitrogen and oxygen atoms in total. The third kappa shape index (κ3) is 2.58. The molecule has 0 unspecified atom stereocenters. The summed E-state index contributed by atoms with van der Waals surface area (Å²) in [7, 11) is 0. The fourth-order valence-electron chi connectivity index (χ4n) is 1.92. The number of amides is 1. The van der Waals surface area contributed by atoms with Crippen LogP contribution < -0.4 is 11.5 Å². The van der Waals surface area contributed by atoms with Crippen LogP contribution in [0.15, 0.2) is 18.2 Å². The molecule has 0 bridgehead atoms. The number of anilines is 1. The summed E-state index contributed by atoms with van der Waals surface area (Å²) >= 11 is 0. The Kier molecular flexibility index (Phi) is 3.45. The normalized spacial score (nSPS) is 10.9. The largest absolute Gasteiger partial charge is 0.370 e. The van der Waals surface area contributed by atoms with Gasteiger partial charge in [-0.25, -0.2) is 9.37 Å². The second-order valence-corrected chi connectivity index (χ2v) is 4.18. The molecule has 0 radical (unpaired) electrons. The lowest BCUT2D eigenvalue weighted by Gasteiger charge is -2.05. The highest BCUT2D eigenvalue weighted by Gasteiger charge is 2.08. The summed E-state index contributed by atoms with van der Waals surface area (Å²) in [5, 5.41) is 0. The molecule has 0 aliphatic rings. The average molecular weight is 250 g/mol. The van der Waals surface area contributed by atoms with Crippen molar-refractivity contribution in [1.82, 2.24) is 9.55 Å². The van der Waals surface area contributed by atoms with Gasteiger partial charge in [0.05, 0.1) is 11.0 Å². The zero-order chi connectivity index (χ0) is 13.1. The molecule has 4 N–H and O–H groups in total. The number of carbonyl (C=O) groups is 1. The van der Waals surface area contributed by atoms with Gasteiger partial charge in [-0.05, 0) is 31.0 Å². The second-order valence-electron chi connectivity index (χ2n) is 4.18. The number of fused-ring (bicyclic) bond motifs is 1. The van der Waals surface area contributed by atoms with Crippen LogP contribution in [-0.2, 0) is 11.3 Å². The third-order valence-electron chi connectivity index (χ3n) is 2.79. The van der Waals surface area contributed by atoms with Crippen molar-refractivity contribution in [1.29, 1.82) is 0 Å². The SMILES string of the molecule is NC(=O)CCCCn1c(N)nc2ccc(F)cc21. The number of unbranched alkanes of at least 4 members (excludes halogenated alkanes) is 1. The quantitative estimate of drug-likeness (QED) is 0.786. The van der Waals surface area contributed by atoms with Crippen LogP contribution in [0, 0.1) is 5.82 Å². The van der Waals surface area contributed by atoms with E-state index in [0.29, 0.717) is 36.4 Å². The number of rotatable bonds is 5. The Morgan fingerprint density at radius 3 is 2.89 bits per heavy atom. The summed E-state index contributed by atoms with van der Waals surface area (Å²) in [4.78, 5) is 14.8. The third-order valence-corrected chi connectivity index (χ3v) is 2.79. The highest BCUT2D eigenvalue weighted by molar-refractivity contribution is 5.78. The van der Waals surface area contributed by atoms with E-state index in [-0.39, 0.29) is 11.7 Å². The van der Waals surface area contributed by atoms with Gasteiger partial charge >= 0.3 is 0 Å². The number of imidazole rings is 1. The zero-order valence-electron chi connectivity index (χ0n) is 9.90. The summed E-state index contributed by atoms with van der Waals surface area (Å²) in [5.74, 6) is -0.278. The molecule has 0 saturated carbocycles. The van der Waals surface area contributed by atoms with Crippen molar-refractivity contribution in [3.63, 3.8) is 0 Å². The van der Waals surface area contributed by atoms with E-state index >= 15 is 0 Å². The van der Waals surface area contributed by atoms with Gasteiger partial charge in [-0.3, -0.25) is 4.79 Å². The van der Waals surface area contributed by atoms with Crippen LogP contribution in [0.1, 0.15) is 19.3 Å². The molecule has 6 heteroatoms. The second kappa shape index (κ2) is 5.03. The van der Waals surface area contributed by atoms with Crippen molar-refractivity contribution in [3.05, 3.63) is 24.0 Å². The number of carbonyl (C=O) groups excluding carboxylic acids is 1. The number of halogens is 1. The standard InChI is InChI=1S/C12H15FN4O/c13-8-4-5-9-10(7-8)17(12(15)16-9)6-2-1-3-11(14)18/h4-5,7H,1-3,6H2,(H2,14,18)(H2,15,16). The lowest BCUT2D eigenvalue weighted by Crippen LogP contribution is -2.10. The van der Waals surface area contributed by atoms with Crippen molar-refractivity contribution in [2.45, 2.75) is 25.8 Å². The number of aryl methyl sites for hydroxylation is 1. The first kappa shape index (κ1) is 12.3. The number of aromatic nitrogens is 2. The van der Waals surface area contributed by atoms with E-state index in [0.717, 1.165) is 6.42 Å². The number of nitrogen functional groups attached to an aromatic ring is 1. The predicted octanol–water partition coefficient (Wildman–Crippen LogP) is 1.41. The summed E-state index contributed by atoms with van der Waals surface area (Å²) in [6, 6.07) is 4.36. The average Bonchev–Trinajstić information content (AvgIpc) is 2.60. The molecule has 0 spiro atoms. The number of nitrogens with two attached hydrogens (primary N) is 2. The number of hydrogen-bond donors (Lipinski definition) is 2. The maximum atomic E-state index is 13.2. The van der Waals surface area contributed by atoms with Gasteiger partial charge in [-0.1, -0.05) is 0 Å². The lowest BCUT2D eigenvalue weighted by molar-refractivity contribution is -0.118. The Morgan fingerprint density at radius 1 is 1.39 bits per heavy atom. The molecule has 1 aromatic heterocycles. The van der Waals surface area contributed by atoms with Gasteiger partial charge in [0.15, 0.2) is 0 Å². The van der Waals surface area contributed by atoms with Crippen LogP contribution in [0.4, 0.5) is 10.3 Å². The van der Waals surface area contributed by atoms with E-state index < -0.39 is 0 Å². The molecule has 1 heterocycles. The summed E-state index contributed by atoms with van der Waals surface area (Å²) in [6.45, 7) is 0.596. The highest BCUT2D eigenvalue weighted by atomic mass is 19.1. The Morgan fingerprint density at radius 2 is 2.17 bits per heavy atom. The van der Waals surface area contributed by atoms with E-state index in [9.17, 15) is 9.18 Å². The predicted molar refractivity (Wildman–Crippen MR) is 67.1 cm³/mol. The maximum absolute atomic E-state index is 13.2. The molecule has 18 heavy (non-hydrogen) atoms. The maximum Gasteiger partial charge on any atom is 0.217 e. The van der Waals surface area contributed by atoms with Crippen LogP contribution in [-0.4, -0.2) is 15.5 Å². The number of primary amides is 1. The minimum Gasteiger partial charge on any atom is -0.370 e. The molecule has 96 valence electrons. The van der Waals surface area contributed by atoms with Crippen molar-refractivity contribution in [2.75, 3.05) is 5.73 Å². The first-order valence-corrected chi connectivity index (χ1v) is 5.77.